The van der Waals surface area contributed by atoms with E-state index in [4.69, 9.17) is 26.3 Å². The number of hydrogen-bond acceptors (Lipinski definition) is 7. The second-order valence-electron chi connectivity index (χ2n) is 13.0. The standard InChI is InChI=1S/C34H36ClF2N5O2/c1-2-24-28(37)9-4-19-12-23(43)13-27(29(19)24)25-7-8-26-31(30(25)35)39-33(40-32(26)41-16-21-5-6-22(17-41)38-21)44-18-34-10-3-11-42(34)15-20(36)14-34/h4,7-9,12-13,20-22,38,43H,2-3,5-6,10-11,14-18H2,1H3. The summed E-state index contributed by atoms with van der Waals surface area (Å²) in [6, 6.07) is 11.3. The highest BCUT2D eigenvalue weighted by molar-refractivity contribution is 6.38. The molecule has 0 saturated carbocycles. The lowest BCUT2D eigenvalue weighted by Gasteiger charge is -2.34. The first-order valence-electron chi connectivity index (χ1n) is 15.8. The van der Waals surface area contributed by atoms with E-state index in [2.05, 4.69) is 15.1 Å². The number of fused-ring (bicyclic) bond motifs is 5. The number of phenols is 1. The Hall–Kier alpha value is -3.27. The van der Waals surface area contributed by atoms with Crippen molar-refractivity contribution in [3.05, 3.63) is 52.8 Å². The molecule has 4 unspecified atom stereocenters. The van der Waals surface area contributed by atoms with Crippen LogP contribution in [-0.4, -0.2) is 76.6 Å². The summed E-state index contributed by atoms with van der Waals surface area (Å²) in [5.41, 5.74) is 2.07. The van der Waals surface area contributed by atoms with Gasteiger partial charge in [-0.15, -0.1) is 0 Å². The number of anilines is 1. The van der Waals surface area contributed by atoms with Crippen LogP contribution >= 0.6 is 11.6 Å². The minimum absolute atomic E-state index is 0.0733. The number of benzene rings is 3. The zero-order chi connectivity index (χ0) is 30.2. The molecule has 8 rings (SSSR count). The molecule has 7 nitrogen and oxygen atoms in total. The number of hydrogen-bond donors (Lipinski definition) is 2. The Labute approximate surface area is 260 Å². The molecule has 4 aliphatic rings. The van der Waals surface area contributed by atoms with Gasteiger partial charge in [-0.2, -0.15) is 9.97 Å². The summed E-state index contributed by atoms with van der Waals surface area (Å²) < 4.78 is 35.9. The first kappa shape index (κ1) is 28.2. The largest absolute Gasteiger partial charge is 0.508 e. The smallest absolute Gasteiger partial charge is 0.319 e. The second kappa shape index (κ2) is 10.7. The Kier molecular flexibility index (Phi) is 6.84. The predicted octanol–water partition coefficient (Wildman–Crippen LogP) is 6.41. The summed E-state index contributed by atoms with van der Waals surface area (Å²) in [6.07, 6.45) is 4.26. The van der Waals surface area contributed by atoms with E-state index >= 15 is 4.39 Å². The third-order valence-corrected chi connectivity index (χ3v) is 10.7. The van der Waals surface area contributed by atoms with Crippen LogP contribution in [0.2, 0.25) is 5.02 Å². The van der Waals surface area contributed by atoms with Gasteiger partial charge in [0.15, 0.2) is 0 Å². The van der Waals surface area contributed by atoms with Crippen LogP contribution in [0.25, 0.3) is 32.8 Å². The summed E-state index contributed by atoms with van der Waals surface area (Å²) in [6.45, 7) is 5.20. The summed E-state index contributed by atoms with van der Waals surface area (Å²) in [4.78, 5) is 14.3. The Balaban J connectivity index is 1.27. The molecular formula is C34H36ClF2N5O2. The molecular weight excluding hydrogens is 584 g/mol. The third-order valence-electron chi connectivity index (χ3n) is 10.3. The van der Waals surface area contributed by atoms with Crippen molar-refractivity contribution < 1.29 is 18.6 Å². The minimum Gasteiger partial charge on any atom is -0.508 e. The van der Waals surface area contributed by atoms with Gasteiger partial charge in [0.1, 0.15) is 30.2 Å². The number of aromatic nitrogens is 2. The van der Waals surface area contributed by atoms with E-state index in [1.54, 1.807) is 18.2 Å². The number of aromatic hydroxyl groups is 1. The quantitative estimate of drug-likeness (QED) is 0.259. The minimum atomic E-state index is -0.852. The van der Waals surface area contributed by atoms with Crippen molar-refractivity contribution in [1.29, 1.82) is 0 Å². The highest BCUT2D eigenvalue weighted by Gasteiger charge is 2.49. The molecule has 0 spiro atoms. The molecule has 5 heterocycles. The molecule has 2 N–H and O–H groups in total. The van der Waals surface area contributed by atoms with Crippen LogP contribution in [-0.2, 0) is 6.42 Å². The maximum atomic E-state index is 15.0. The molecule has 4 saturated heterocycles. The molecule has 0 amide bonds. The highest BCUT2D eigenvalue weighted by atomic mass is 35.5. The SMILES string of the molecule is CCc1c(F)ccc2cc(O)cc(-c3ccc4c(N5CC6CCC(C5)N6)nc(OCC56CCCN5CC(F)C6)nc4c3Cl)c12. The Morgan fingerprint density at radius 1 is 1.09 bits per heavy atom. The topological polar surface area (TPSA) is 73.8 Å². The van der Waals surface area contributed by atoms with E-state index in [9.17, 15) is 9.50 Å². The maximum absolute atomic E-state index is 15.0. The van der Waals surface area contributed by atoms with Crippen molar-refractivity contribution in [3.63, 3.8) is 0 Å². The number of nitrogens with zero attached hydrogens (tertiary/aromatic N) is 4. The van der Waals surface area contributed by atoms with Gasteiger partial charge in [0.2, 0.25) is 0 Å². The number of rotatable bonds is 6. The Bertz CT molecular complexity index is 1780. The van der Waals surface area contributed by atoms with Gasteiger partial charge in [0, 0.05) is 49.1 Å². The molecule has 3 aromatic carbocycles. The number of halogens is 3. The van der Waals surface area contributed by atoms with E-state index in [0.717, 1.165) is 67.3 Å². The molecule has 2 bridgehead atoms. The van der Waals surface area contributed by atoms with Gasteiger partial charge in [0.25, 0.3) is 0 Å². The first-order valence-corrected chi connectivity index (χ1v) is 16.2. The fourth-order valence-electron chi connectivity index (χ4n) is 8.31. The lowest BCUT2D eigenvalue weighted by Crippen LogP contribution is -2.51. The van der Waals surface area contributed by atoms with E-state index in [1.807, 2.05) is 19.1 Å². The summed E-state index contributed by atoms with van der Waals surface area (Å²) in [5, 5.41) is 17.0. The fraction of sp³-hybridized carbons (Fsp3) is 0.471. The van der Waals surface area contributed by atoms with Crippen LogP contribution in [0.5, 0.6) is 11.8 Å². The van der Waals surface area contributed by atoms with Gasteiger partial charge in [-0.05, 0) is 84.8 Å². The van der Waals surface area contributed by atoms with Crippen molar-refractivity contribution >= 4 is 39.1 Å². The zero-order valence-electron chi connectivity index (χ0n) is 24.8. The van der Waals surface area contributed by atoms with E-state index in [-0.39, 0.29) is 23.1 Å². The highest BCUT2D eigenvalue weighted by Crippen LogP contribution is 2.44. The summed E-state index contributed by atoms with van der Waals surface area (Å²) in [7, 11) is 0. The van der Waals surface area contributed by atoms with E-state index < -0.39 is 6.17 Å². The summed E-state index contributed by atoms with van der Waals surface area (Å²) in [5.74, 6) is 0.554. The number of aryl methyl sites for hydroxylation is 1. The molecule has 4 fully saturated rings. The van der Waals surface area contributed by atoms with Crippen molar-refractivity contribution in [2.24, 2.45) is 0 Å². The van der Waals surface area contributed by atoms with Gasteiger partial charge >= 0.3 is 6.01 Å². The van der Waals surface area contributed by atoms with Crippen molar-refractivity contribution in [2.75, 3.05) is 37.7 Å². The van der Waals surface area contributed by atoms with Gasteiger partial charge in [-0.1, -0.05) is 30.7 Å². The predicted molar refractivity (Wildman–Crippen MR) is 169 cm³/mol. The first-order chi connectivity index (χ1) is 21.3. The summed E-state index contributed by atoms with van der Waals surface area (Å²) >= 11 is 7.24. The van der Waals surface area contributed by atoms with Crippen LogP contribution < -0.4 is 15.0 Å². The van der Waals surface area contributed by atoms with Crippen LogP contribution in [0.3, 0.4) is 0 Å². The third kappa shape index (κ3) is 4.58. The molecule has 0 radical (unpaired) electrons. The van der Waals surface area contributed by atoms with Crippen LogP contribution in [0.15, 0.2) is 36.4 Å². The molecule has 44 heavy (non-hydrogen) atoms. The zero-order valence-corrected chi connectivity index (χ0v) is 25.5. The maximum Gasteiger partial charge on any atom is 0.319 e. The second-order valence-corrected chi connectivity index (χ2v) is 13.4. The van der Waals surface area contributed by atoms with Crippen molar-refractivity contribution in [2.45, 2.75) is 69.2 Å². The monoisotopic (exact) mass is 619 g/mol. The average molecular weight is 620 g/mol. The molecule has 4 aliphatic heterocycles. The van der Waals surface area contributed by atoms with Gasteiger partial charge in [-0.25, -0.2) is 8.78 Å². The molecule has 10 heteroatoms. The average Bonchev–Trinajstić information content (AvgIpc) is 3.66. The van der Waals surface area contributed by atoms with Crippen molar-refractivity contribution in [1.82, 2.24) is 20.2 Å². The number of ether oxygens (including phenoxy) is 1. The number of phenolic OH excluding ortho intramolecular Hbond substituents is 1. The Morgan fingerprint density at radius 3 is 2.70 bits per heavy atom. The van der Waals surface area contributed by atoms with Crippen LogP contribution in [0, 0.1) is 5.82 Å². The van der Waals surface area contributed by atoms with Crippen molar-refractivity contribution in [3.8, 4) is 22.9 Å². The molecule has 1 aromatic heterocycles. The number of nitrogens with one attached hydrogen (secondary N) is 1. The number of piperazine rings is 1. The normalized spacial score (nSPS) is 26.6. The lowest BCUT2D eigenvalue weighted by molar-refractivity contribution is 0.107. The molecule has 230 valence electrons. The van der Waals surface area contributed by atoms with Gasteiger partial charge < -0.3 is 20.1 Å². The fourth-order valence-corrected chi connectivity index (χ4v) is 8.62. The van der Waals surface area contributed by atoms with Crippen LogP contribution in [0.1, 0.15) is 44.6 Å². The Morgan fingerprint density at radius 2 is 1.91 bits per heavy atom. The van der Waals surface area contributed by atoms with Crippen LogP contribution in [0.4, 0.5) is 14.6 Å². The van der Waals surface area contributed by atoms with E-state index in [0.29, 0.717) is 65.3 Å². The van der Waals surface area contributed by atoms with Gasteiger partial charge in [0.05, 0.1) is 16.1 Å². The van der Waals surface area contributed by atoms with E-state index in [1.165, 1.54) is 6.07 Å². The molecule has 4 atom stereocenters. The van der Waals surface area contributed by atoms with Gasteiger partial charge in [-0.3, -0.25) is 4.90 Å². The molecule has 4 aromatic rings. The lowest BCUT2D eigenvalue weighted by atomic mass is 9.92. The molecule has 0 aliphatic carbocycles. The number of alkyl halides is 1.